The zero-order valence-corrected chi connectivity index (χ0v) is 13.2. The maximum Gasteiger partial charge on any atom is 0.222 e. The van der Waals surface area contributed by atoms with Crippen molar-refractivity contribution >= 4 is 28.6 Å². The molecule has 1 N–H and O–H groups in total. The predicted octanol–water partition coefficient (Wildman–Crippen LogP) is 2.95. The van der Waals surface area contributed by atoms with Gasteiger partial charge in [-0.25, -0.2) is 4.98 Å². The van der Waals surface area contributed by atoms with E-state index in [1.54, 1.807) is 29.8 Å². The minimum absolute atomic E-state index is 0.0000624. The Labute approximate surface area is 126 Å². The third kappa shape index (κ3) is 4.40. The number of nitrogens with zero attached hydrogens (tertiary/aromatic N) is 1. The summed E-state index contributed by atoms with van der Waals surface area (Å²) in [6.07, 6.45) is 1.15. The fraction of sp³-hybridized carbons (Fsp3) is 0.429. The maximum absolute atomic E-state index is 11.9. The highest BCUT2D eigenvalue weighted by Crippen LogP contribution is 2.23. The highest BCUT2D eigenvalue weighted by molar-refractivity contribution is 7.09. The van der Waals surface area contributed by atoms with Gasteiger partial charge in [0.25, 0.3) is 0 Å². The van der Waals surface area contributed by atoms with Crippen LogP contribution in [0.1, 0.15) is 28.7 Å². The number of hydrogen-bond acceptors (Lipinski definition) is 5. The summed E-state index contributed by atoms with van der Waals surface area (Å²) in [7, 11) is 1.60. The first kappa shape index (κ1) is 15.2. The van der Waals surface area contributed by atoms with Crippen LogP contribution in [0.15, 0.2) is 22.2 Å². The third-order valence-corrected chi connectivity index (χ3v) is 4.63. The first-order chi connectivity index (χ1) is 9.69. The monoisotopic (exact) mass is 310 g/mol. The smallest absolute Gasteiger partial charge is 0.222 e. The van der Waals surface area contributed by atoms with Gasteiger partial charge in [0.15, 0.2) is 0 Å². The summed E-state index contributed by atoms with van der Waals surface area (Å²) < 4.78 is 4.94. The van der Waals surface area contributed by atoms with Gasteiger partial charge in [-0.1, -0.05) is 0 Å². The molecule has 6 heteroatoms. The average Bonchev–Trinajstić information content (AvgIpc) is 3.07. The highest BCUT2D eigenvalue weighted by atomic mass is 32.1. The molecule has 2 rings (SSSR count). The van der Waals surface area contributed by atoms with E-state index in [-0.39, 0.29) is 11.9 Å². The van der Waals surface area contributed by atoms with Crippen LogP contribution in [-0.4, -0.2) is 24.6 Å². The summed E-state index contributed by atoms with van der Waals surface area (Å²) in [5, 5.41) is 10.2. The molecular formula is C14H18N2O2S2. The van der Waals surface area contributed by atoms with E-state index < -0.39 is 0 Å². The number of aryl methyl sites for hydroxylation is 1. The number of carbonyl (C=O) groups is 1. The van der Waals surface area contributed by atoms with Crippen LogP contribution in [0.5, 0.6) is 0 Å². The summed E-state index contributed by atoms with van der Waals surface area (Å²) in [5.41, 5.74) is 2.21. The Kier molecular flexibility index (Phi) is 5.70. The quantitative estimate of drug-likeness (QED) is 0.855. The van der Waals surface area contributed by atoms with E-state index in [1.165, 1.54) is 5.56 Å². The number of aromatic nitrogens is 1. The molecule has 0 radical (unpaired) electrons. The SMILES string of the molecule is COCCC(=O)N[C@@H](Cc1ccsc1)c1nc(C)cs1. The number of ether oxygens (including phenoxy) is 1. The summed E-state index contributed by atoms with van der Waals surface area (Å²) in [4.78, 5) is 16.4. The molecule has 0 unspecified atom stereocenters. The number of thiazole rings is 1. The number of thiophene rings is 1. The number of rotatable bonds is 7. The first-order valence-electron chi connectivity index (χ1n) is 6.40. The zero-order chi connectivity index (χ0) is 14.4. The van der Waals surface area contributed by atoms with Crippen LogP contribution in [0.4, 0.5) is 0 Å². The van der Waals surface area contributed by atoms with Gasteiger partial charge in [0.2, 0.25) is 5.91 Å². The van der Waals surface area contributed by atoms with Gasteiger partial charge in [-0.3, -0.25) is 4.79 Å². The number of nitrogens with one attached hydrogen (secondary N) is 1. The van der Waals surface area contributed by atoms with Crippen molar-refractivity contribution < 1.29 is 9.53 Å². The Bertz CT molecular complexity index is 537. The van der Waals surface area contributed by atoms with E-state index in [2.05, 4.69) is 21.7 Å². The van der Waals surface area contributed by atoms with Crippen molar-refractivity contribution in [1.82, 2.24) is 10.3 Å². The van der Waals surface area contributed by atoms with Gasteiger partial charge in [0, 0.05) is 31.0 Å². The topological polar surface area (TPSA) is 51.2 Å². The summed E-state index contributed by atoms with van der Waals surface area (Å²) >= 11 is 3.26. The molecule has 0 spiro atoms. The molecule has 0 bridgehead atoms. The van der Waals surface area contributed by atoms with Gasteiger partial charge < -0.3 is 10.1 Å². The zero-order valence-electron chi connectivity index (χ0n) is 11.6. The van der Waals surface area contributed by atoms with Gasteiger partial charge in [0.05, 0.1) is 12.6 Å². The number of methoxy groups -OCH3 is 1. The molecule has 0 aliphatic carbocycles. The lowest BCUT2D eigenvalue weighted by Crippen LogP contribution is -2.30. The molecule has 1 atom stereocenters. The van der Waals surface area contributed by atoms with Gasteiger partial charge in [0.1, 0.15) is 5.01 Å². The lowest BCUT2D eigenvalue weighted by atomic mass is 10.1. The van der Waals surface area contributed by atoms with Gasteiger partial charge in [-0.2, -0.15) is 11.3 Å². The molecule has 2 aromatic rings. The number of amides is 1. The molecule has 0 saturated carbocycles. The molecule has 2 aromatic heterocycles. The van der Waals surface area contributed by atoms with Crippen LogP contribution in [0, 0.1) is 6.92 Å². The Morgan fingerprint density at radius 3 is 2.95 bits per heavy atom. The van der Waals surface area contributed by atoms with Crippen molar-refractivity contribution in [2.24, 2.45) is 0 Å². The van der Waals surface area contributed by atoms with Crippen molar-refractivity contribution in [1.29, 1.82) is 0 Å². The third-order valence-electron chi connectivity index (χ3n) is 2.82. The molecule has 1 amide bonds. The normalized spacial score (nSPS) is 12.3. The standard InChI is InChI=1S/C14H18N2O2S2/c1-10-8-20-14(15-10)12(7-11-4-6-19-9-11)16-13(17)3-5-18-2/h4,6,8-9,12H,3,5,7H2,1-2H3,(H,16,17)/t12-/m0/s1. The average molecular weight is 310 g/mol. The second-order valence-electron chi connectivity index (χ2n) is 4.53. The van der Waals surface area contributed by atoms with E-state index in [0.29, 0.717) is 13.0 Å². The predicted molar refractivity (Wildman–Crippen MR) is 82.3 cm³/mol. The Morgan fingerprint density at radius 2 is 2.35 bits per heavy atom. The number of hydrogen-bond donors (Lipinski definition) is 1. The van der Waals surface area contributed by atoms with Crippen LogP contribution in [-0.2, 0) is 16.0 Å². The van der Waals surface area contributed by atoms with Crippen LogP contribution in [0.3, 0.4) is 0 Å². The second kappa shape index (κ2) is 7.52. The van der Waals surface area contributed by atoms with Crippen molar-refractivity contribution in [3.8, 4) is 0 Å². The number of carbonyl (C=O) groups excluding carboxylic acids is 1. The maximum atomic E-state index is 11.9. The largest absolute Gasteiger partial charge is 0.384 e. The first-order valence-corrected chi connectivity index (χ1v) is 8.22. The molecular weight excluding hydrogens is 292 g/mol. The molecule has 0 aliphatic heterocycles. The Hall–Kier alpha value is -1.24. The molecule has 0 aromatic carbocycles. The van der Waals surface area contributed by atoms with Gasteiger partial charge >= 0.3 is 0 Å². The van der Waals surface area contributed by atoms with Crippen molar-refractivity contribution in [2.75, 3.05) is 13.7 Å². The summed E-state index contributed by atoms with van der Waals surface area (Å²) in [6.45, 7) is 2.41. The molecule has 0 saturated heterocycles. The lowest BCUT2D eigenvalue weighted by molar-refractivity contribution is -0.122. The van der Waals surface area contributed by atoms with Crippen LogP contribution >= 0.6 is 22.7 Å². The second-order valence-corrected chi connectivity index (χ2v) is 6.20. The Morgan fingerprint density at radius 1 is 1.50 bits per heavy atom. The highest BCUT2D eigenvalue weighted by Gasteiger charge is 2.18. The fourth-order valence-electron chi connectivity index (χ4n) is 1.84. The van der Waals surface area contributed by atoms with E-state index >= 15 is 0 Å². The molecule has 2 heterocycles. The van der Waals surface area contributed by atoms with E-state index in [1.807, 2.05) is 17.7 Å². The summed E-state index contributed by atoms with van der Waals surface area (Å²) in [5.74, 6) is -0.0000624. The van der Waals surface area contributed by atoms with Crippen molar-refractivity contribution in [3.05, 3.63) is 38.5 Å². The van der Waals surface area contributed by atoms with E-state index in [4.69, 9.17) is 4.74 Å². The van der Waals surface area contributed by atoms with Crippen LogP contribution in [0.2, 0.25) is 0 Å². The minimum atomic E-state index is -0.0624. The molecule has 20 heavy (non-hydrogen) atoms. The van der Waals surface area contributed by atoms with Gasteiger partial charge in [-0.15, -0.1) is 11.3 Å². The van der Waals surface area contributed by atoms with E-state index in [0.717, 1.165) is 17.1 Å². The summed E-state index contributed by atoms with van der Waals surface area (Å²) in [6, 6.07) is 2.02. The van der Waals surface area contributed by atoms with Crippen molar-refractivity contribution in [2.45, 2.75) is 25.8 Å². The van der Waals surface area contributed by atoms with Crippen LogP contribution in [0.25, 0.3) is 0 Å². The minimum Gasteiger partial charge on any atom is -0.384 e. The molecule has 108 valence electrons. The van der Waals surface area contributed by atoms with Crippen molar-refractivity contribution in [3.63, 3.8) is 0 Å². The van der Waals surface area contributed by atoms with E-state index in [9.17, 15) is 4.79 Å². The fourth-order valence-corrected chi connectivity index (χ4v) is 3.37. The lowest BCUT2D eigenvalue weighted by Gasteiger charge is -2.16. The Balaban J connectivity index is 2.05. The molecule has 0 fully saturated rings. The molecule has 0 aliphatic rings. The molecule has 4 nitrogen and oxygen atoms in total. The van der Waals surface area contributed by atoms with Gasteiger partial charge in [-0.05, 0) is 29.3 Å². The van der Waals surface area contributed by atoms with Crippen LogP contribution < -0.4 is 5.32 Å².